The molecule has 0 radical (unpaired) electrons. The van der Waals surface area contributed by atoms with Gasteiger partial charge < -0.3 is 10.5 Å². The summed E-state index contributed by atoms with van der Waals surface area (Å²) >= 11 is 3.55. The van der Waals surface area contributed by atoms with E-state index in [4.69, 9.17) is 10.5 Å². The van der Waals surface area contributed by atoms with Crippen LogP contribution in [0.1, 0.15) is 31.1 Å². The van der Waals surface area contributed by atoms with E-state index in [2.05, 4.69) is 27.1 Å². The van der Waals surface area contributed by atoms with Crippen LogP contribution in [-0.4, -0.2) is 16.4 Å². The number of aromatic nitrogens is 2. The van der Waals surface area contributed by atoms with Gasteiger partial charge in [-0.05, 0) is 53.7 Å². The van der Waals surface area contributed by atoms with E-state index in [0.29, 0.717) is 0 Å². The third kappa shape index (κ3) is 1.82. The lowest BCUT2D eigenvalue weighted by Crippen LogP contribution is -2.19. The van der Waals surface area contributed by atoms with E-state index < -0.39 is 0 Å². The molecule has 0 aliphatic carbocycles. The maximum absolute atomic E-state index is 6.02. The van der Waals surface area contributed by atoms with Gasteiger partial charge in [-0.1, -0.05) is 0 Å². The van der Waals surface area contributed by atoms with Gasteiger partial charge in [0.2, 0.25) is 0 Å². The molecule has 3 rings (SSSR count). The standard InChI is InChI=1S/C13H16BrN3O/c1-8-6-10-9(12(14)13(8)15)7-16-17(10)11-4-2-3-5-18-11/h6-7,11H,2-5,15H2,1H3. The molecule has 1 aromatic heterocycles. The summed E-state index contributed by atoms with van der Waals surface area (Å²) in [4.78, 5) is 0. The molecule has 0 amide bonds. The number of nitrogens with two attached hydrogens (primary N) is 1. The van der Waals surface area contributed by atoms with Gasteiger partial charge in [0.05, 0.1) is 16.2 Å². The molecule has 0 bridgehead atoms. The minimum absolute atomic E-state index is 0.0613. The molecule has 1 aliphatic heterocycles. The molecule has 1 unspecified atom stereocenters. The largest absolute Gasteiger partial charge is 0.398 e. The van der Waals surface area contributed by atoms with Crippen LogP contribution in [-0.2, 0) is 4.74 Å². The zero-order valence-electron chi connectivity index (χ0n) is 10.3. The second-order valence-electron chi connectivity index (χ2n) is 4.76. The van der Waals surface area contributed by atoms with Gasteiger partial charge in [0.15, 0.2) is 6.23 Å². The van der Waals surface area contributed by atoms with E-state index in [0.717, 1.165) is 46.1 Å². The first-order valence-electron chi connectivity index (χ1n) is 6.22. The van der Waals surface area contributed by atoms with Crippen molar-refractivity contribution in [3.05, 3.63) is 22.3 Å². The molecule has 96 valence electrons. The predicted molar refractivity (Wildman–Crippen MR) is 75.4 cm³/mol. The van der Waals surface area contributed by atoms with Crippen LogP contribution in [0.15, 0.2) is 16.7 Å². The predicted octanol–water partition coefficient (Wildman–Crippen LogP) is 3.39. The molecular formula is C13H16BrN3O. The molecule has 1 atom stereocenters. The fraction of sp³-hybridized carbons (Fsp3) is 0.462. The number of ether oxygens (including phenoxy) is 1. The van der Waals surface area contributed by atoms with Crippen LogP contribution in [0.2, 0.25) is 0 Å². The Labute approximate surface area is 114 Å². The highest BCUT2D eigenvalue weighted by Gasteiger charge is 2.20. The Kier molecular flexibility index (Phi) is 3.03. The molecule has 2 heterocycles. The van der Waals surface area contributed by atoms with Crippen LogP contribution in [0.5, 0.6) is 0 Å². The van der Waals surface area contributed by atoms with E-state index in [1.54, 1.807) is 0 Å². The molecule has 5 heteroatoms. The number of halogens is 1. The topological polar surface area (TPSA) is 53.1 Å². The Morgan fingerprint density at radius 1 is 1.50 bits per heavy atom. The molecule has 1 fully saturated rings. The molecule has 18 heavy (non-hydrogen) atoms. The zero-order chi connectivity index (χ0) is 12.7. The SMILES string of the molecule is Cc1cc2c(cnn2C2CCCCO2)c(Br)c1N. The van der Waals surface area contributed by atoms with Crippen molar-refractivity contribution in [1.82, 2.24) is 9.78 Å². The van der Waals surface area contributed by atoms with Crippen LogP contribution < -0.4 is 5.73 Å². The number of hydrogen-bond acceptors (Lipinski definition) is 3. The maximum Gasteiger partial charge on any atom is 0.150 e. The summed E-state index contributed by atoms with van der Waals surface area (Å²) in [5.74, 6) is 0. The molecule has 0 saturated carbocycles. The average molecular weight is 310 g/mol. The first kappa shape index (κ1) is 12.0. The molecule has 1 saturated heterocycles. The van der Waals surface area contributed by atoms with E-state index in [1.165, 1.54) is 6.42 Å². The zero-order valence-corrected chi connectivity index (χ0v) is 11.9. The molecule has 2 aromatic rings. The van der Waals surface area contributed by atoms with Gasteiger partial charge >= 0.3 is 0 Å². The van der Waals surface area contributed by atoms with Gasteiger partial charge in [-0.3, -0.25) is 0 Å². The van der Waals surface area contributed by atoms with Crippen molar-refractivity contribution in [2.24, 2.45) is 0 Å². The summed E-state index contributed by atoms with van der Waals surface area (Å²) in [6, 6.07) is 2.08. The van der Waals surface area contributed by atoms with Gasteiger partial charge in [0.1, 0.15) is 0 Å². The third-order valence-electron chi connectivity index (χ3n) is 3.51. The van der Waals surface area contributed by atoms with Gasteiger partial charge in [-0.15, -0.1) is 0 Å². The number of rotatable bonds is 1. The minimum Gasteiger partial charge on any atom is -0.398 e. The first-order chi connectivity index (χ1) is 8.68. The van der Waals surface area contributed by atoms with Crippen LogP contribution in [0, 0.1) is 6.92 Å². The fourth-order valence-electron chi connectivity index (χ4n) is 2.43. The van der Waals surface area contributed by atoms with Crippen LogP contribution >= 0.6 is 15.9 Å². The number of nitrogens with zero attached hydrogens (tertiary/aromatic N) is 2. The molecule has 4 nitrogen and oxygen atoms in total. The van der Waals surface area contributed by atoms with Gasteiger partial charge in [0.25, 0.3) is 0 Å². The Morgan fingerprint density at radius 2 is 2.33 bits per heavy atom. The van der Waals surface area contributed by atoms with Gasteiger partial charge in [-0.2, -0.15) is 5.10 Å². The summed E-state index contributed by atoms with van der Waals surface area (Å²) in [7, 11) is 0. The Balaban J connectivity index is 2.13. The number of fused-ring (bicyclic) bond motifs is 1. The average Bonchev–Trinajstić information content (AvgIpc) is 2.81. The highest BCUT2D eigenvalue weighted by molar-refractivity contribution is 9.10. The summed E-state index contributed by atoms with van der Waals surface area (Å²) in [5.41, 5.74) is 8.95. The molecular weight excluding hydrogens is 294 g/mol. The van der Waals surface area contributed by atoms with Crippen molar-refractivity contribution in [2.75, 3.05) is 12.3 Å². The normalized spacial score (nSPS) is 20.4. The molecule has 1 aliphatic rings. The number of anilines is 1. The lowest BCUT2D eigenvalue weighted by molar-refractivity contribution is -0.0366. The van der Waals surface area contributed by atoms with E-state index >= 15 is 0 Å². The molecule has 1 aromatic carbocycles. The van der Waals surface area contributed by atoms with Crippen molar-refractivity contribution >= 4 is 32.5 Å². The monoisotopic (exact) mass is 309 g/mol. The minimum atomic E-state index is 0.0613. The van der Waals surface area contributed by atoms with Crippen molar-refractivity contribution in [2.45, 2.75) is 32.4 Å². The van der Waals surface area contributed by atoms with Crippen LogP contribution in [0.25, 0.3) is 10.9 Å². The van der Waals surface area contributed by atoms with Crippen molar-refractivity contribution < 1.29 is 4.74 Å². The summed E-state index contributed by atoms with van der Waals surface area (Å²) in [6.07, 6.45) is 5.28. The van der Waals surface area contributed by atoms with Crippen molar-refractivity contribution in [1.29, 1.82) is 0 Å². The maximum atomic E-state index is 6.02. The van der Waals surface area contributed by atoms with Crippen LogP contribution in [0.3, 0.4) is 0 Å². The van der Waals surface area contributed by atoms with Crippen molar-refractivity contribution in [3.8, 4) is 0 Å². The highest BCUT2D eigenvalue weighted by atomic mass is 79.9. The second kappa shape index (κ2) is 4.55. The van der Waals surface area contributed by atoms with Crippen molar-refractivity contribution in [3.63, 3.8) is 0 Å². The molecule has 2 N–H and O–H groups in total. The summed E-state index contributed by atoms with van der Waals surface area (Å²) in [6.45, 7) is 2.83. The highest BCUT2D eigenvalue weighted by Crippen LogP contribution is 2.34. The lowest BCUT2D eigenvalue weighted by atomic mass is 10.1. The fourth-order valence-corrected chi connectivity index (χ4v) is 3.05. The van der Waals surface area contributed by atoms with Gasteiger partial charge in [-0.25, -0.2) is 4.68 Å². The Bertz CT molecular complexity index is 587. The van der Waals surface area contributed by atoms with Gasteiger partial charge in [0, 0.05) is 17.7 Å². The smallest absolute Gasteiger partial charge is 0.150 e. The number of benzene rings is 1. The van der Waals surface area contributed by atoms with E-state index in [9.17, 15) is 0 Å². The van der Waals surface area contributed by atoms with E-state index in [1.807, 2.05) is 17.8 Å². The lowest BCUT2D eigenvalue weighted by Gasteiger charge is -2.23. The first-order valence-corrected chi connectivity index (χ1v) is 7.01. The van der Waals surface area contributed by atoms with Crippen LogP contribution in [0.4, 0.5) is 5.69 Å². The summed E-state index contributed by atoms with van der Waals surface area (Å²) < 4.78 is 8.70. The second-order valence-corrected chi connectivity index (χ2v) is 5.56. The quantitative estimate of drug-likeness (QED) is 0.822. The van der Waals surface area contributed by atoms with E-state index in [-0.39, 0.29) is 6.23 Å². The summed E-state index contributed by atoms with van der Waals surface area (Å²) in [5, 5.41) is 5.52. The number of aryl methyl sites for hydroxylation is 1. The Hall–Kier alpha value is -1.07. The number of hydrogen-bond donors (Lipinski definition) is 1. The number of nitrogen functional groups attached to an aromatic ring is 1. The molecule has 0 spiro atoms. The Morgan fingerprint density at radius 3 is 3.06 bits per heavy atom. The third-order valence-corrected chi connectivity index (χ3v) is 4.37.